The van der Waals surface area contributed by atoms with Crippen molar-refractivity contribution < 1.29 is 0 Å². The minimum atomic E-state index is 0.989. The van der Waals surface area contributed by atoms with Crippen LogP contribution >= 0.6 is 0 Å². The van der Waals surface area contributed by atoms with E-state index in [0.29, 0.717) is 0 Å². The highest BCUT2D eigenvalue weighted by Gasteiger charge is 2.03. The molecule has 0 amide bonds. The number of fused-ring (bicyclic) bond motifs is 1. The van der Waals surface area contributed by atoms with Gasteiger partial charge in [-0.05, 0) is 23.8 Å². The Hall–Kier alpha value is -2.61. The summed E-state index contributed by atoms with van der Waals surface area (Å²) in [7, 11) is 0. The predicted octanol–water partition coefficient (Wildman–Crippen LogP) is 4.62. The Morgan fingerprint density at radius 2 is 1.68 bits per heavy atom. The van der Waals surface area contributed by atoms with Gasteiger partial charge in [-0.3, -0.25) is 4.98 Å². The fraction of sp³-hybridized carbons (Fsp3) is 0. The molecule has 1 heterocycles. The Morgan fingerprint density at radius 1 is 0.895 bits per heavy atom. The summed E-state index contributed by atoms with van der Waals surface area (Å²) in [4.78, 5) is 4.37. The summed E-state index contributed by atoms with van der Waals surface area (Å²) < 4.78 is 0. The third kappa shape index (κ3) is 2.20. The van der Waals surface area contributed by atoms with Crippen molar-refractivity contribution in [3.63, 3.8) is 0 Å². The maximum Gasteiger partial charge on any atom is 0.0722 e. The molecule has 1 aromatic heterocycles. The van der Waals surface area contributed by atoms with Crippen LogP contribution in [0, 0.1) is 0 Å². The Morgan fingerprint density at radius 3 is 2.58 bits per heavy atom. The van der Waals surface area contributed by atoms with E-state index in [1.54, 1.807) is 0 Å². The quantitative estimate of drug-likeness (QED) is 0.729. The molecule has 2 nitrogen and oxygen atoms in total. The molecule has 0 unspecified atom stereocenters. The van der Waals surface area contributed by atoms with E-state index in [0.717, 1.165) is 27.8 Å². The zero-order chi connectivity index (χ0) is 13.1. The summed E-state index contributed by atoms with van der Waals surface area (Å²) >= 11 is 0. The first-order valence-electron chi connectivity index (χ1n) is 6.21. The van der Waals surface area contributed by atoms with Gasteiger partial charge in [-0.1, -0.05) is 49.1 Å². The average molecular weight is 246 g/mol. The number of benzene rings is 2. The molecule has 3 aromatic rings. The van der Waals surface area contributed by atoms with Crippen LogP contribution in [0.4, 0.5) is 11.4 Å². The fourth-order valence-electron chi connectivity index (χ4n) is 2.14. The molecule has 0 aliphatic rings. The number of nitrogens with one attached hydrogen (secondary N) is 1. The van der Waals surface area contributed by atoms with Crippen molar-refractivity contribution in [1.82, 2.24) is 4.98 Å². The van der Waals surface area contributed by atoms with Crippen molar-refractivity contribution in [2.24, 2.45) is 0 Å². The normalized spacial score (nSPS) is 10.3. The molecule has 2 aromatic carbocycles. The molecule has 3 rings (SSSR count). The molecular formula is C17H14N2. The fourth-order valence-corrected chi connectivity index (χ4v) is 2.14. The molecule has 0 atom stereocenters. The van der Waals surface area contributed by atoms with Gasteiger partial charge in [0.2, 0.25) is 0 Å². The molecule has 0 aliphatic carbocycles. The number of nitrogens with zero attached hydrogens (tertiary/aromatic N) is 1. The van der Waals surface area contributed by atoms with E-state index in [1.807, 2.05) is 60.8 Å². The summed E-state index contributed by atoms with van der Waals surface area (Å²) in [5, 5.41) is 4.57. The van der Waals surface area contributed by atoms with Gasteiger partial charge >= 0.3 is 0 Å². The molecule has 0 saturated carbocycles. The van der Waals surface area contributed by atoms with E-state index < -0.39 is 0 Å². The number of hydrogen-bond acceptors (Lipinski definition) is 2. The lowest BCUT2D eigenvalue weighted by molar-refractivity contribution is 1.40. The van der Waals surface area contributed by atoms with Gasteiger partial charge in [0.05, 0.1) is 5.52 Å². The molecule has 0 fully saturated rings. The van der Waals surface area contributed by atoms with Gasteiger partial charge in [0.15, 0.2) is 0 Å². The SMILES string of the molecule is C=Cc1ccccc1Nc1ccnc2ccccc12. The van der Waals surface area contributed by atoms with Crippen LogP contribution in [-0.2, 0) is 0 Å². The van der Waals surface area contributed by atoms with Gasteiger partial charge in [0.25, 0.3) is 0 Å². The molecule has 0 saturated heterocycles. The Labute approximate surface area is 112 Å². The molecule has 92 valence electrons. The first-order valence-corrected chi connectivity index (χ1v) is 6.21. The lowest BCUT2D eigenvalue weighted by Crippen LogP contribution is -1.94. The number of rotatable bonds is 3. The highest BCUT2D eigenvalue weighted by molar-refractivity contribution is 5.93. The molecule has 2 heteroatoms. The highest BCUT2D eigenvalue weighted by Crippen LogP contribution is 2.26. The van der Waals surface area contributed by atoms with Crippen molar-refractivity contribution in [3.8, 4) is 0 Å². The second-order valence-electron chi connectivity index (χ2n) is 4.29. The van der Waals surface area contributed by atoms with Crippen LogP contribution < -0.4 is 5.32 Å². The number of para-hydroxylation sites is 2. The number of aromatic nitrogens is 1. The molecule has 0 bridgehead atoms. The minimum Gasteiger partial charge on any atom is -0.354 e. The molecule has 0 aliphatic heterocycles. The molecule has 19 heavy (non-hydrogen) atoms. The standard InChI is InChI=1S/C17H14N2/c1-2-13-7-3-5-9-15(13)19-17-11-12-18-16-10-6-4-8-14(16)17/h2-12H,1H2,(H,18,19). The van der Waals surface area contributed by atoms with Crippen LogP contribution in [0.1, 0.15) is 5.56 Å². The van der Waals surface area contributed by atoms with Crippen LogP contribution in [0.15, 0.2) is 67.4 Å². The van der Waals surface area contributed by atoms with E-state index in [9.17, 15) is 0 Å². The van der Waals surface area contributed by atoms with Crippen LogP contribution in [0.5, 0.6) is 0 Å². The summed E-state index contributed by atoms with van der Waals surface area (Å²) in [6.45, 7) is 3.84. The van der Waals surface area contributed by atoms with Crippen molar-refractivity contribution in [2.45, 2.75) is 0 Å². The first-order chi connectivity index (χ1) is 9.38. The third-order valence-corrected chi connectivity index (χ3v) is 3.10. The monoisotopic (exact) mass is 246 g/mol. The van der Waals surface area contributed by atoms with Gasteiger partial charge in [0, 0.05) is 23.0 Å². The van der Waals surface area contributed by atoms with Crippen molar-refractivity contribution >= 4 is 28.4 Å². The molecule has 0 radical (unpaired) electrons. The number of anilines is 2. The summed E-state index contributed by atoms with van der Waals surface area (Å²) in [5.74, 6) is 0. The summed E-state index contributed by atoms with van der Waals surface area (Å²) in [6, 6.07) is 18.2. The molecular weight excluding hydrogens is 232 g/mol. The van der Waals surface area contributed by atoms with E-state index in [-0.39, 0.29) is 0 Å². The average Bonchev–Trinajstić information content (AvgIpc) is 2.48. The highest BCUT2D eigenvalue weighted by atomic mass is 14.9. The third-order valence-electron chi connectivity index (χ3n) is 3.10. The number of pyridine rings is 1. The zero-order valence-electron chi connectivity index (χ0n) is 10.5. The van der Waals surface area contributed by atoms with Gasteiger partial charge in [-0.25, -0.2) is 0 Å². The van der Waals surface area contributed by atoms with Crippen LogP contribution in [0.3, 0.4) is 0 Å². The Kier molecular flexibility index (Phi) is 2.99. The predicted molar refractivity (Wildman–Crippen MR) is 81.6 cm³/mol. The number of hydrogen-bond donors (Lipinski definition) is 1. The van der Waals surface area contributed by atoms with Gasteiger partial charge in [-0.2, -0.15) is 0 Å². The topological polar surface area (TPSA) is 24.9 Å². The second-order valence-corrected chi connectivity index (χ2v) is 4.29. The maximum atomic E-state index is 4.37. The lowest BCUT2D eigenvalue weighted by Gasteiger charge is -2.11. The van der Waals surface area contributed by atoms with Gasteiger partial charge in [-0.15, -0.1) is 0 Å². The maximum absolute atomic E-state index is 4.37. The summed E-state index contributed by atoms with van der Waals surface area (Å²) in [6.07, 6.45) is 3.67. The molecule has 0 spiro atoms. The smallest absolute Gasteiger partial charge is 0.0722 e. The van der Waals surface area contributed by atoms with E-state index >= 15 is 0 Å². The Balaban J connectivity index is 2.08. The van der Waals surface area contributed by atoms with Gasteiger partial charge in [0.1, 0.15) is 0 Å². The minimum absolute atomic E-state index is 0.989. The van der Waals surface area contributed by atoms with E-state index in [1.165, 1.54) is 0 Å². The Bertz CT molecular complexity index is 727. The largest absolute Gasteiger partial charge is 0.354 e. The van der Waals surface area contributed by atoms with Crippen LogP contribution in [0.2, 0.25) is 0 Å². The van der Waals surface area contributed by atoms with E-state index in [4.69, 9.17) is 0 Å². The first kappa shape index (κ1) is 11.5. The lowest BCUT2D eigenvalue weighted by atomic mass is 10.1. The zero-order valence-corrected chi connectivity index (χ0v) is 10.5. The summed E-state index contributed by atoms with van der Waals surface area (Å²) in [5.41, 5.74) is 4.18. The molecule has 1 N–H and O–H groups in total. The van der Waals surface area contributed by atoms with Crippen molar-refractivity contribution in [3.05, 3.63) is 72.9 Å². The van der Waals surface area contributed by atoms with Crippen LogP contribution in [0.25, 0.3) is 17.0 Å². The van der Waals surface area contributed by atoms with Crippen molar-refractivity contribution in [1.29, 1.82) is 0 Å². The van der Waals surface area contributed by atoms with E-state index in [2.05, 4.69) is 22.9 Å². The van der Waals surface area contributed by atoms with Gasteiger partial charge < -0.3 is 5.32 Å². The van der Waals surface area contributed by atoms with Crippen molar-refractivity contribution in [2.75, 3.05) is 5.32 Å². The second kappa shape index (κ2) is 4.94. The van der Waals surface area contributed by atoms with Crippen LogP contribution in [-0.4, -0.2) is 4.98 Å².